The van der Waals surface area contributed by atoms with Crippen molar-refractivity contribution >= 4 is 6.09 Å². The molecule has 0 aliphatic rings. The molecule has 0 unspecified atom stereocenters. The van der Waals surface area contributed by atoms with Gasteiger partial charge in [-0.1, -0.05) is 0 Å². The van der Waals surface area contributed by atoms with E-state index >= 15 is 0 Å². The molecule has 0 aromatic heterocycles. The Morgan fingerprint density at radius 1 is 0.840 bits per heavy atom. The Hall–Kier alpha value is -0.890. The number of nitrogens with two attached hydrogens (primary N) is 2. The first-order valence-corrected chi connectivity index (χ1v) is 9.70. The fraction of sp³-hybridized carbons (Fsp3) is 0.944. The SMILES string of the molecule is CC(C)(C)OC(=O)N(CCCCNCCCN)CCCNCCCN. The summed E-state index contributed by atoms with van der Waals surface area (Å²) in [6.07, 6.45) is 4.69. The molecule has 0 saturated heterocycles. The number of carbonyl (C=O) groups is 1. The third kappa shape index (κ3) is 16.3. The van der Waals surface area contributed by atoms with Crippen molar-refractivity contribution in [2.75, 3.05) is 52.4 Å². The molecule has 7 nitrogen and oxygen atoms in total. The third-order valence-electron chi connectivity index (χ3n) is 3.58. The molecule has 0 aromatic rings. The van der Waals surface area contributed by atoms with E-state index in [2.05, 4.69) is 10.6 Å². The summed E-state index contributed by atoms with van der Waals surface area (Å²) < 4.78 is 5.53. The fourth-order valence-corrected chi connectivity index (χ4v) is 2.27. The lowest BCUT2D eigenvalue weighted by molar-refractivity contribution is 0.0245. The number of unbranched alkanes of at least 4 members (excludes halogenated alkanes) is 1. The Bertz CT molecular complexity index is 321. The Balaban J connectivity index is 4.09. The van der Waals surface area contributed by atoms with E-state index in [9.17, 15) is 4.79 Å². The summed E-state index contributed by atoms with van der Waals surface area (Å²) in [5, 5.41) is 6.71. The van der Waals surface area contributed by atoms with Crippen molar-refractivity contribution in [2.45, 2.75) is 58.5 Å². The zero-order valence-electron chi connectivity index (χ0n) is 16.6. The smallest absolute Gasteiger partial charge is 0.410 e. The second kappa shape index (κ2) is 15.4. The third-order valence-corrected chi connectivity index (χ3v) is 3.58. The van der Waals surface area contributed by atoms with E-state index in [1.54, 1.807) is 0 Å². The first-order chi connectivity index (χ1) is 11.9. The van der Waals surface area contributed by atoms with Crippen LogP contribution in [0.3, 0.4) is 0 Å². The molecule has 7 heteroatoms. The van der Waals surface area contributed by atoms with Crippen LogP contribution in [0.15, 0.2) is 0 Å². The van der Waals surface area contributed by atoms with Gasteiger partial charge in [0.05, 0.1) is 0 Å². The monoisotopic (exact) mass is 359 g/mol. The minimum atomic E-state index is -0.460. The van der Waals surface area contributed by atoms with Crippen LogP contribution >= 0.6 is 0 Å². The highest BCUT2D eigenvalue weighted by atomic mass is 16.6. The minimum absolute atomic E-state index is 0.217. The summed E-state index contributed by atoms with van der Waals surface area (Å²) in [6, 6.07) is 0. The molecule has 0 saturated carbocycles. The van der Waals surface area contributed by atoms with Crippen LogP contribution in [0.5, 0.6) is 0 Å². The highest BCUT2D eigenvalue weighted by Gasteiger charge is 2.21. The molecule has 0 rings (SSSR count). The Kier molecular flexibility index (Phi) is 14.8. The molecule has 150 valence electrons. The zero-order chi connectivity index (χ0) is 19.0. The summed E-state index contributed by atoms with van der Waals surface area (Å²) in [5.74, 6) is 0. The number of hydrogen-bond donors (Lipinski definition) is 4. The predicted octanol–water partition coefficient (Wildman–Crippen LogP) is 1.27. The maximum Gasteiger partial charge on any atom is 0.410 e. The number of nitrogens with zero attached hydrogens (tertiary/aromatic N) is 1. The Morgan fingerprint density at radius 3 is 1.84 bits per heavy atom. The van der Waals surface area contributed by atoms with Crippen molar-refractivity contribution in [3.8, 4) is 0 Å². The molecule has 0 aliphatic carbocycles. The summed E-state index contributed by atoms with van der Waals surface area (Å²) in [7, 11) is 0. The molecule has 6 N–H and O–H groups in total. The van der Waals surface area contributed by atoms with Gasteiger partial charge in [-0.2, -0.15) is 0 Å². The first kappa shape index (κ1) is 24.1. The van der Waals surface area contributed by atoms with Crippen LogP contribution in [0.25, 0.3) is 0 Å². The molecule has 0 bridgehead atoms. The molecule has 0 atom stereocenters. The van der Waals surface area contributed by atoms with E-state index in [0.29, 0.717) is 13.1 Å². The van der Waals surface area contributed by atoms with Gasteiger partial charge in [-0.3, -0.25) is 0 Å². The molecule has 0 radical (unpaired) electrons. The highest BCUT2D eigenvalue weighted by molar-refractivity contribution is 5.68. The van der Waals surface area contributed by atoms with E-state index < -0.39 is 5.60 Å². The van der Waals surface area contributed by atoms with Gasteiger partial charge < -0.3 is 31.7 Å². The molecule has 0 fully saturated rings. The molecule has 0 aliphatic heterocycles. The van der Waals surface area contributed by atoms with E-state index in [-0.39, 0.29) is 6.09 Å². The molecular formula is C18H41N5O2. The highest BCUT2D eigenvalue weighted by Crippen LogP contribution is 2.11. The van der Waals surface area contributed by atoms with Crippen molar-refractivity contribution in [1.82, 2.24) is 15.5 Å². The van der Waals surface area contributed by atoms with Crippen LogP contribution in [0.4, 0.5) is 4.79 Å². The summed E-state index contributed by atoms with van der Waals surface area (Å²) in [5.41, 5.74) is 10.5. The van der Waals surface area contributed by atoms with Crippen LogP contribution in [0, 0.1) is 0 Å². The number of amides is 1. The number of hydrogen-bond acceptors (Lipinski definition) is 6. The van der Waals surface area contributed by atoms with Gasteiger partial charge in [0.1, 0.15) is 5.60 Å². The van der Waals surface area contributed by atoms with Crippen LogP contribution in [0.2, 0.25) is 0 Å². The topological polar surface area (TPSA) is 106 Å². The van der Waals surface area contributed by atoms with E-state index in [1.165, 1.54) is 0 Å². The quantitative estimate of drug-likeness (QED) is 0.328. The average Bonchev–Trinajstić information content (AvgIpc) is 2.53. The lowest BCUT2D eigenvalue weighted by Crippen LogP contribution is -2.39. The molecular weight excluding hydrogens is 318 g/mol. The van der Waals surface area contributed by atoms with E-state index in [1.807, 2.05) is 25.7 Å². The normalized spacial score (nSPS) is 11.6. The largest absolute Gasteiger partial charge is 0.444 e. The summed E-state index contributed by atoms with van der Waals surface area (Å²) >= 11 is 0. The van der Waals surface area contributed by atoms with Crippen molar-refractivity contribution in [3.63, 3.8) is 0 Å². The second-order valence-electron chi connectivity index (χ2n) is 7.31. The van der Waals surface area contributed by atoms with E-state index in [0.717, 1.165) is 71.4 Å². The number of ether oxygens (including phenoxy) is 1. The van der Waals surface area contributed by atoms with Gasteiger partial charge in [-0.25, -0.2) is 4.79 Å². The maximum atomic E-state index is 12.4. The Morgan fingerprint density at radius 2 is 1.32 bits per heavy atom. The van der Waals surface area contributed by atoms with Crippen molar-refractivity contribution < 1.29 is 9.53 Å². The van der Waals surface area contributed by atoms with E-state index in [4.69, 9.17) is 16.2 Å². The molecule has 0 heterocycles. The molecule has 0 aromatic carbocycles. The lowest BCUT2D eigenvalue weighted by Gasteiger charge is -2.27. The van der Waals surface area contributed by atoms with Gasteiger partial charge in [-0.15, -0.1) is 0 Å². The number of nitrogens with one attached hydrogen (secondary N) is 2. The minimum Gasteiger partial charge on any atom is -0.444 e. The van der Waals surface area contributed by atoms with Gasteiger partial charge in [0, 0.05) is 13.1 Å². The summed E-state index contributed by atoms with van der Waals surface area (Å²) in [6.45, 7) is 12.3. The van der Waals surface area contributed by atoms with Gasteiger partial charge >= 0.3 is 6.09 Å². The van der Waals surface area contributed by atoms with Gasteiger partial charge in [0.25, 0.3) is 0 Å². The summed E-state index contributed by atoms with van der Waals surface area (Å²) in [4.78, 5) is 14.2. The van der Waals surface area contributed by atoms with Gasteiger partial charge in [0.2, 0.25) is 0 Å². The lowest BCUT2D eigenvalue weighted by atomic mass is 10.2. The second-order valence-corrected chi connectivity index (χ2v) is 7.31. The van der Waals surface area contributed by atoms with Crippen LogP contribution < -0.4 is 22.1 Å². The number of rotatable bonds is 15. The van der Waals surface area contributed by atoms with Gasteiger partial charge in [-0.05, 0) is 92.1 Å². The number of carbonyl (C=O) groups excluding carboxylic acids is 1. The fourth-order valence-electron chi connectivity index (χ4n) is 2.27. The zero-order valence-corrected chi connectivity index (χ0v) is 16.6. The van der Waals surface area contributed by atoms with Crippen molar-refractivity contribution in [3.05, 3.63) is 0 Å². The van der Waals surface area contributed by atoms with Gasteiger partial charge in [0.15, 0.2) is 0 Å². The van der Waals surface area contributed by atoms with Crippen LogP contribution in [-0.4, -0.2) is 69.0 Å². The van der Waals surface area contributed by atoms with Crippen molar-refractivity contribution in [2.24, 2.45) is 11.5 Å². The predicted molar refractivity (Wildman–Crippen MR) is 105 cm³/mol. The standard InChI is InChI=1S/C18H41N5O2/c1-18(2,3)25-17(24)23(16-8-14-22-13-7-10-20)15-5-4-11-21-12-6-9-19/h21-22H,4-16,19-20H2,1-3H3. The molecule has 0 spiro atoms. The Labute approximate surface area is 154 Å². The first-order valence-electron chi connectivity index (χ1n) is 9.70. The van der Waals surface area contributed by atoms with Crippen LogP contribution in [0.1, 0.15) is 52.9 Å². The average molecular weight is 360 g/mol. The molecule has 1 amide bonds. The maximum absolute atomic E-state index is 12.4. The molecule has 25 heavy (non-hydrogen) atoms. The van der Waals surface area contributed by atoms with Crippen LogP contribution in [-0.2, 0) is 4.74 Å². The van der Waals surface area contributed by atoms with Crippen molar-refractivity contribution in [1.29, 1.82) is 0 Å².